The van der Waals surface area contributed by atoms with E-state index in [0.717, 1.165) is 16.6 Å². The van der Waals surface area contributed by atoms with Gasteiger partial charge >= 0.3 is 0 Å². The number of para-hydroxylation sites is 3. The monoisotopic (exact) mass is 329 g/mol. The molecule has 5 heteroatoms. The fourth-order valence-electron chi connectivity index (χ4n) is 2.60. The van der Waals surface area contributed by atoms with E-state index < -0.39 is 0 Å². The van der Waals surface area contributed by atoms with Gasteiger partial charge in [-0.1, -0.05) is 24.3 Å². The molecule has 0 saturated heterocycles. The van der Waals surface area contributed by atoms with E-state index in [0.29, 0.717) is 17.3 Å². The third-order valence-electron chi connectivity index (χ3n) is 3.77. The fourth-order valence-corrected chi connectivity index (χ4v) is 2.60. The highest BCUT2D eigenvalue weighted by Crippen LogP contribution is 2.27. The zero-order valence-corrected chi connectivity index (χ0v) is 13.3. The largest absolute Gasteiger partial charge is 0.465 e. The van der Waals surface area contributed by atoms with Gasteiger partial charge in [-0.05, 0) is 42.5 Å². The lowest BCUT2D eigenvalue weighted by molar-refractivity contribution is -0.111. The molecule has 4 rings (SSSR count). The number of rotatable bonds is 4. The van der Waals surface area contributed by atoms with Gasteiger partial charge in [0.1, 0.15) is 11.6 Å². The van der Waals surface area contributed by atoms with Crippen LogP contribution in [0.2, 0.25) is 0 Å². The summed E-state index contributed by atoms with van der Waals surface area (Å²) in [5.41, 5.74) is 3.36. The number of hydrogen-bond donors (Lipinski definition) is 2. The lowest BCUT2D eigenvalue weighted by atomic mass is 10.1. The van der Waals surface area contributed by atoms with E-state index in [-0.39, 0.29) is 5.91 Å². The Labute approximate surface area is 144 Å². The van der Waals surface area contributed by atoms with Crippen LogP contribution in [0.3, 0.4) is 0 Å². The molecule has 4 aromatic rings. The van der Waals surface area contributed by atoms with Crippen LogP contribution in [-0.2, 0) is 4.79 Å². The van der Waals surface area contributed by atoms with Crippen LogP contribution in [0, 0.1) is 0 Å². The highest BCUT2D eigenvalue weighted by Gasteiger charge is 2.10. The van der Waals surface area contributed by atoms with Crippen molar-refractivity contribution >= 4 is 28.7 Å². The number of carbonyl (C=O) groups is 1. The first-order chi connectivity index (χ1) is 12.3. The van der Waals surface area contributed by atoms with E-state index >= 15 is 0 Å². The second kappa shape index (κ2) is 6.49. The number of nitrogens with one attached hydrogen (secondary N) is 2. The van der Waals surface area contributed by atoms with Crippen molar-refractivity contribution in [1.82, 2.24) is 9.97 Å². The summed E-state index contributed by atoms with van der Waals surface area (Å²) in [6.45, 7) is 0. The summed E-state index contributed by atoms with van der Waals surface area (Å²) in [7, 11) is 0. The molecule has 0 fully saturated rings. The highest BCUT2D eigenvalue weighted by molar-refractivity contribution is 6.04. The number of aromatic amines is 1. The standard InChI is InChI=1S/C20H15N3O2/c24-19(12-11-14-6-5-13-25-14)21-16-8-2-1-7-15(16)20-22-17-9-3-4-10-18(17)23-20/h1-13H,(H,21,24)(H,22,23). The number of nitrogens with zero attached hydrogens (tertiary/aromatic N) is 1. The molecule has 2 N–H and O–H groups in total. The number of furan rings is 1. The molecule has 5 nitrogen and oxygen atoms in total. The average molecular weight is 329 g/mol. The first-order valence-corrected chi connectivity index (χ1v) is 7.86. The molecule has 0 aliphatic rings. The predicted molar refractivity (Wildman–Crippen MR) is 97.9 cm³/mol. The zero-order chi connectivity index (χ0) is 17.1. The number of fused-ring (bicyclic) bond motifs is 1. The maximum Gasteiger partial charge on any atom is 0.248 e. The molecule has 25 heavy (non-hydrogen) atoms. The van der Waals surface area contributed by atoms with Crippen LogP contribution in [0.15, 0.2) is 77.4 Å². The molecule has 0 bridgehead atoms. The molecule has 122 valence electrons. The van der Waals surface area contributed by atoms with Crippen molar-refractivity contribution in [1.29, 1.82) is 0 Å². The van der Waals surface area contributed by atoms with Crippen molar-refractivity contribution in [3.8, 4) is 11.4 Å². The summed E-state index contributed by atoms with van der Waals surface area (Å²) in [5, 5.41) is 2.89. The van der Waals surface area contributed by atoms with E-state index in [2.05, 4.69) is 15.3 Å². The van der Waals surface area contributed by atoms with E-state index in [1.54, 1.807) is 24.5 Å². The molecule has 2 heterocycles. The van der Waals surface area contributed by atoms with Gasteiger partial charge in [-0.3, -0.25) is 4.79 Å². The van der Waals surface area contributed by atoms with Crippen LogP contribution in [0.4, 0.5) is 5.69 Å². The molecule has 0 saturated carbocycles. The number of benzene rings is 2. The first kappa shape index (κ1) is 15.0. The Bertz CT molecular complexity index is 1010. The first-order valence-electron chi connectivity index (χ1n) is 7.86. The molecule has 2 aromatic carbocycles. The molecule has 2 aromatic heterocycles. The molecule has 0 aliphatic carbocycles. The second-order valence-corrected chi connectivity index (χ2v) is 5.49. The van der Waals surface area contributed by atoms with Crippen molar-refractivity contribution in [3.05, 3.63) is 78.8 Å². The second-order valence-electron chi connectivity index (χ2n) is 5.49. The molecular weight excluding hydrogens is 314 g/mol. The summed E-state index contributed by atoms with van der Waals surface area (Å²) in [6.07, 6.45) is 4.63. The topological polar surface area (TPSA) is 70.9 Å². The number of aromatic nitrogens is 2. The average Bonchev–Trinajstić information content (AvgIpc) is 3.30. The van der Waals surface area contributed by atoms with E-state index in [4.69, 9.17) is 4.42 Å². The van der Waals surface area contributed by atoms with Gasteiger partial charge in [-0.25, -0.2) is 4.98 Å². The van der Waals surface area contributed by atoms with Crippen molar-refractivity contribution < 1.29 is 9.21 Å². The van der Waals surface area contributed by atoms with Crippen LogP contribution >= 0.6 is 0 Å². The molecular formula is C20H15N3O2. The van der Waals surface area contributed by atoms with Gasteiger partial charge in [0, 0.05) is 11.6 Å². The Kier molecular flexibility index (Phi) is 3.88. The van der Waals surface area contributed by atoms with Crippen molar-refractivity contribution in [2.45, 2.75) is 0 Å². The summed E-state index contributed by atoms with van der Waals surface area (Å²) in [5.74, 6) is 1.10. The lowest BCUT2D eigenvalue weighted by Gasteiger charge is -2.07. The molecule has 0 radical (unpaired) electrons. The van der Waals surface area contributed by atoms with Gasteiger partial charge < -0.3 is 14.7 Å². The third-order valence-corrected chi connectivity index (χ3v) is 3.77. The normalized spacial score (nSPS) is 11.2. The molecule has 1 amide bonds. The van der Waals surface area contributed by atoms with Gasteiger partial charge in [-0.2, -0.15) is 0 Å². The van der Waals surface area contributed by atoms with Crippen molar-refractivity contribution in [2.24, 2.45) is 0 Å². The van der Waals surface area contributed by atoms with Crippen LogP contribution in [0.25, 0.3) is 28.5 Å². The van der Waals surface area contributed by atoms with Gasteiger partial charge in [0.2, 0.25) is 5.91 Å². The number of amides is 1. The third kappa shape index (κ3) is 3.21. The van der Waals surface area contributed by atoms with Gasteiger partial charge in [-0.15, -0.1) is 0 Å². The highest BCUT2D eigenvalue weighted by atomic mass is 16.3. The summed E-state index contributed by atoms with van der Waals surface area (Å²) in [4.78, 5) is 20.1. The summed E-state index contributed by atoms with van der Waals surface area (Å²) < 4.78 is 5.18. The molecule has 0 atom stereocenters. The number of anilines is 1. The van der Waals surface area contributed by atoms with Gasteiger partial charge in [0.05, 0.1) is 23.0 Å². The van der Waals surface area contributed by atoms with Gasteiger partial charge in [0.25, 0.3) is 0 Å². The van der Waals surface area contributed by atoms with Crippen LogP contribution in [-0.4, -0.2) is 15.9 Å². The molecule has 0 unspecified atom stereocenters. The molecule has 0 aliphatic heterocycles. The Morgan fingerprint density at radius 2 is 1.88 bits per heavy atom. The van der Waals surface area contributed by atoms with Crippen LogP contribution in [0.5, 0.6) is 0 Å². The van der Waals surface area contributed by atoms with Crippen LogP contribution < -0.4 is 5.32 Å². The Morgan fingerprint density at radius 1 is 1.04 bits per heavy atom. The Balaban J connectivity index is 1.61. The Morgan fingerprint density at radius 3 is 2.72 bits per heavy atom. The van der Waals surface area contributed by atoms with Crippen LogP contribution in [0.1, 0.15) is 5.76 Å². The fraction of sp³-hybridized carbons (Fsp3) is 0. The van der Waals surface area contributed by atoms with E-state index in [1.807, 2.05) is 48.5 Å². The number of carbonyl (C=O) groups excluding carboxylic acids is 1. The maximum atomic E-state index is 12.2. The van der Waals surface area contributed by atoms with Gasteiger partial charge in [0.15, 0.2) is 0 Å². The minimum atomic E-state index is -0.236. The predicted octanol–water partition coefficient (Wildman–Crippen LogP) is 4.47. The number of imidazole rings is 1. The minimum Gasteiger partial charge on any atom is -0.465 e. The quantitative estimate of drug-likeness (QED) is 0.542. The summed E-state index contributed by atoms with van der Waals surface area (Å²) >= 11 is 0. The lowest BCUT2D eigenvalue weighted by Crippen LogP contribution is -2.08. The zero-order valence-electron chi connectivity index (χ0n) is 13.3. The SMILES string of the molecule is O=C(C=Cc1ccco1)Nc1ccccc1-c1nc2ccccc2[nH]1. The van der Waals surface area contributed by atoms with Crippen molar-refractivity contribution in [2.75, 3.05) is 5.32 Å². The maximum absolute atomic E-state index is 12.2. The Hall–Kier alpha value is -3.60. The molecule has 0 spiro atoms. The minimum absolute atomic E-state index is 0.236. The summed E-state index contributed by atoms with van der Waals surface area (Å²) in [6, 6.07) is 18.9. The number of H-pyrrole nitrogens is 1. The van der Waals surface area contributed by atoms with Crippen molar-refractivity contribution in [3.63, 3.8) is 0 Å². The van der Waals surface area contributed by atoms with E-state index in [1.165, 1.54) is 6.08 Å². The number of hydrogen-bond acceptors (Lipinski definition) is 3. The van der Waals surface area contributed by atoms with E-state index in [9.17, 15) is 4.79 Å². The smallest absolute Gasteiger partial charge is 0.248 e.